The first-order valence-electron chi connectivity index (χ1n) is 4.84. The molecular formula is C11H15NO3. The van der Waals surface area contributed by atoms with Crippen molar-refractivity contribution in [1.29, 1.82) is 0 Å². The maximum atomic E-state index is 11.6. The fourth-order valence-electron chi connectivity index (χ4n) is 1.05. The van der Waals surface area contributed by atoms with Crippen LogP contribution in [0, 0.1) is 0 Å². The fraction of sp³-hybridized carbons (Fsp3) is 0.364. The van der Waals surface area contributed by atoms with Gasteiger partial charge in [0.15, 0.2) is 0 Å². The standard InChI is InChI=1S/C11H15NO3/c1-3-7(2)15-11(14)9-6-8(13)4-5-10(9)12/h4-7,13H,3,12H2,1-2H3. The summed E-state index contributed by atoms with van der Waals surface area (Å²) in [5, 5.41) is 9.21. The van der Waals surface area contributed by atoms with E-state index in [1.54, 1.807) is 6.92 Å². The lowest BCUT2D eigenvalue weighted by Gasteiger charge is -2.12. The van der Waals surface area contributed by atoms with E-state index in [9.17, 15) is 9.90 Å². The van der Waals surface area contributed by atoms with E-state index in [1.165, 1.54) is 18.2 Å². The van der Waals surface area contributed by atoms with E-state index >= 15 is 0 Å². The number of nitrogens with two attached hydrogens (primary N) is 1. The quantitative estimate of drug-likeness (QED) is 0.453. The second kappa shape index (κ2) is 4.68. The Labute approximate surface area is 88.7 Å². The number of ether oxygens (including phenoxy) is 1. The zero-order chi connectivity index (χ0) is 11.4. The summed E-state index contributed by atoms with van der Waals surface area (Å²) >= 11 is 0. The molecule has 1 aromatic carbocycles. The highest BCUT2D eigenvalue weighted by molar-refractivity contribution is 5.95. The van der Waals surface area contributed by atoms with Gasteiger partial charge < -0.3 is 15.6 Å². The zero-order valence-electron chi connectivity index (χ0n) is 8.86. The van der Waals surface area contributed by atoms with Gasteiger partial charge in [-0.25, -0.2) is 4.79 Å². The first kappa shape index (κ1) is 11.4. The molecule has 1 unspecified atom stereocenters. The van der Waals surface area contributed by atoms with Gasteiger partial charge in [0.2, 0.25) is 0 Å². The Balaban J connectivity index is 2.86. The van der Waals surface area contributed by atoms with Crippen LogP contribution < -0.4 is 5.73 Å². The lowest BCUT2D eigenvalue weighted by atomic mass is 10.1. The highest BCUT2D eigenvalue weighted by atomic mass is 16.5. The molecule has 0 fully saturated rings. The molecule has 0 saturated carbocycles. The van der Waals surface area contributed by atoms with Gasteiger partial charge in [-0.05, 0) is 31.5 Å². The molecule has 0 aliphatic carbocycles. The first-order chi connectivity index (χ1) is 7.04. The predicted molar refractivity (Wildman–Crippen MR) is 57.7 cm³/mol. The number of hydrogen-bond donors (Lipinski definition) is 2. The summed E-state index contributed by atoms with van der Waals surface area (Å²) in [6, 6.07) is 4.21. The molecule has 0 aliphatic rings. The van der Waals surface area contributed by atoms with E-state index in [1.807, 2.05) is 6.92 Å². The van der Waals surface area contributed by atoms with Crippen molar-refractivity contribution < 1.29 is 14.6 Å². The number of nitrogen functional groups attached to an aromatic ring is 1. The summed E-state index contributed by atoms with van der Waals surface area (Å²) in [7, 11) is 0. The summed E-state index contributed by atoms with van der Waals surface area (Å²) < 4.78 is 5.09. The van der Waals surface area contributed by atoms with Crippen molar-refractivity contribution in [1.82, 2.24) is 0 Å². The van der Waals surface area contributed by atoms with E-state index in [0.717, 1.165) is 6.42 Å². The maximum Gasteiger partial charge on any atom is 0.340 e. The molecule has 15 heavy (non-hydrogen) atoms. The van der Waals surface area contributed by atoms with Crippen LogP contribution in [-0.4, -0.2) is 17.2 Å². The van der Waals surface area contributed by atoms with E-state index in [-0.39, 0.29) is 17.4 Å². The van der Waals surface area contributed by atoms with Crippen LogP contribution in [0.2, 0.25) is 0 Å². The van der Waals surface area contributed by atoms with Crippen molar-refractivity contribution in [2.24, 2.45) is 0 Å². The normalized spacial score (nSPS) is 12.1. The van der Waals surface area contributed by atoms with Crippen LogP contribution in [-0.2, 0) is 4.74 Å². The van der Waals surface area contributed by atoms with Crippen molar-refractivity contribution in [2.75, 3.05) is 5.73 Å². The average molecular weight is 209 g/mol. The van der Waals surface area contributed by atoms with Gasteiger partial charge in [-0.15, -0.1) is 0 Å². The number of phenolic OH excluding ortho intramolecular Hbond substituents is 1. The molecular weight excluding hydrogens is 194 g/mol. The number of benzene rings is 1. The number of aromatic hydroxyl groups is 1. The van der Waals surface area contributed by atoms with Crippen LogP contribution in [0.1, 0.15) is 30.6 Å². The highest BCUT2D eigenvalue weighted by Crippen LogP contribution is 2.19. The summed E-state index contributed by atoms with van der Waals surface area (Å²) in [4.78, 5) is 11.6. The smallest absolute Gasteiger partial charge is 0.340 e. The third-order valence-electron chi connectivity index (χ3n) is 2.14. The number of anilines is 1. The van der Waals surface area contributed by atoms with Gasteiger partial charge in [0, 0.05) is 5.69 Å². The Bertz CT molecular complexity index is 363. The molecule has 1 aromatic rings. The SMILES string of the molecule is CCC(C)OC(=O)c1cc(O)ccc1N. The van der Waals surface area contributed by atoms with Crippen LogP contribution in [0.25, 0.3) is 0 Å². The van der Waals surface area contributed by atoms with E-state index < -0.39 is 5.97 Å². The molecule has 0 aromatic heterocycles. The van der Waals surface area contributed by atoms with Gasteiger partial charge in [0.05, 0.1) is 11.7 Å². The summed E-state index contributed by atoms with van der Waals surface area (Å²) in [5.41, 5.74) is 6.11. The number of hydrogen-bond acceptors (Lipinski definition) is 4. The first-order valence-corrected chi connectivity index (χ1v) is 4.84. The number of carbonyl (C=O) groups excluding carboxylic acids is 1. The fourth-order valence-corrected chi connectivity index (χ4v) is 1.05. The Morgan fingerprint density at radius 2 is 2.27 bits per heavy atom. The predicted octanol–water partition coefficient (Wildman–Crippen LogP) is 1.93. The molecule has 0 aliphatic heterocycles. The minimum absolute atomic E-state index is 0.000279. The topological polar surface area (TPSA) is 72.5 Å². The third-order valence-corrected chi connectivity index (χ3v) is 2.14. The second-order valence-electron chi connectivity index (χ2n) is 3.40. The number of rotatable bonds is 3. The minimum atomic E-state index is -0.502. The summed E-state index contributed by atoms with van der Waals surface area (Å²) in [6.45, 7) is 3.72. The van der Waals surface area contributed by atoms with E-state index in [2.05, 4.69) is 0 Å². The van der Waals surface area contributed by atoms with Crippen molar-refractivity contribution >= 4 is 11.7 Å². The van der Waals surface area contributed by atoms with Crippen LogP contribution in [0.15, 0.2) is 18.2 Å². The molecule has 0 heterocycles. The average Bonchev–Trinajstić information content (AvgIpc) is 2.21. The van der Waals surface area contributed by atoms with Gasteiger partial charge in [-0.3, -0.25) is 0 Å². The molecule has 0 amide bonds. The largest absolute Gasteiger partial charge is 0.508 e. The molecule has 0 radical (unpaired) electrons. The molecule has 1 rings (SSSR count). The Hall–Kier alpha value is -1.71. The Morgan fingerprint density at radius 1 is 1.60 bits per heavy atom. The van der Waals surface area contributed by atoms with Gasteiger partial charge in [-0.2, -0.15) is 0 Å². The second-order valence-corrected chi connectivity index (χ2v) is 3.40. The third kappa shape index (κ3) is 2.87. The molecule has 3 N–H and O–H groups in total. The summed E-state index contributed by atoms with van der Waals surface area (Å²) in [5.74, 6) is -0.502. The van der Waals surface area contributed by atoms with Crippen molar-refractivity contribution in [3.8, 4) is 5.75 Å². The van der Waals surface area contributed by atoms with Crippen LogP contribution in [0.5, 0.6) is 5.75 Å². The highest BCUT2D eigenvalue weighted by Gasteiger charge is 2.14. The van der Waals surface area contributed by atoms with Crippen LogP contribution in [0.3, 0.4) is 0 Å². The number of phenols is 1. The van der Waals surface area contributed by atoms with E-state index in [4.69, 9.17) is 10.5 Å². The van der Waals surface area contributed by atoms with Crippen molar-refractivity contribution in [2.45, 2.75) is 26.4 Å². The molecule has 0 saturated heterocycles. The Morgan fingerprint density at radius 3 is 2.87 bits per heavy atom. The molecule has 0 bridgehead atoms. The van der Waals surface area contributed by atoms with Gasteiger partial charge in [0.25, 0.3) is 0 Å². The van der Waals surface area contributed by atoms with Crippen molar-refractivity contribution in [3.63, 3.8) is 0 Å². The molecule has 1 atom stereocenters. The lowest BCUT2D eigenvalue weighted by Crippen LogP contribution is -2.15. The molecule has 82 valence electrons. The maximum absolute atomic E-state index is 11.6. The zero-order valence-corrected chi connectivity index (χ0v) is 8.86. The van der Waals surface area contributed by atoms with E-state index in [0.29, 0.717) is 5.69 Å². The Kier molecular flexibility index (Phi) is 3.55. The van der Waals surface area contributed by atoms with Gasteiger partial charge >= 0.3 is 5.97 Å². The van der Waals surface area contributed by atoms with Gasteiger partial charge in [-0.1, -0.05) is 6.92 Å². The van der Waals surface area contributed by atoms with Crippen LogP contribution in [0.4, 0.5) is 5.69 Å². The van der Waals surface area contributed by atoms with Crippen molar-refractivity contribution in [3.05, 3.63) is 23.8 Å². The monoisotopic (exact) mass is 209 g/mol. The number of esters is 1. The molecule has 4 heteroatoms. The van der Waals surface area contributed by atoms with Crippen LogP contribution >= 0.6 is 0 Å². The number of carbonyl (C=O) groups is 1. The molecule has 0 spiro atoms. The summed E-state index contributed by atoms with van der Waals surface area (Å²) in [6.07, 6.45) is 0.587. The minimum Gasteiger partial charge on any atom is -0.508 e. The van der Waals surface area contributed by atoms with Gasteiger partial charge in [0.1, 0.15) is 5.75 Å². The molecule has 4 nitrogen and oxygen atoms in total. The lowest BCUT2D eigenvalue weighted by molar-refractivity contribution is 0.0335.